The van der Waals surface area contributed by atoms with Crippen LogP contribution < -0.4 is 11.1 Å². The lowest BCUT2D eigenvalue weighted by atomic mass is 9.94. The number of nitrogens with two attached hydrogens (primary N) is 1. The Morgan fingerprint density at radius 2 is 1.70 bits per heavy atom. The number of hydrogen-bond acceptors (Lipinski definition) is 3. The van der Waals surface area contributed by atoms with E-state index in [1.165, 1.54) is 29.8 Å². The molecule has 6 nitrogen and oxygen atoms in total. The molecule has 1 aliphatic rings. The average Bonchev–Trinajstić information content (AvgIpc) is 3.30. The maximum Gasteiger partial charge on any atom is 0.251 e. The number of nitrogens with zero attached hydrogens (tertiary/aromatic N) is 2. The molecule has 43 heavy (non-hydrogen) atoms. The van der Waals surface area contributed by atoms with Crippen LogP contribution in [0.4, 0.5) is 13.2 Å². The van der Waals surface area contributed by atoms with Crippen LogP contribution in [-0.2, 0) is 30.6 Å². The molecule has 2 aromatic heterocycles. The number of aryl methyl sites for hydroxylation is 1. The Bertz CT molecular complexity index is 1850. The van der Waals surface area contributed by atoms with Crippen LogP contribution in [0.2, 0.25) is 0 Å². The first-order valence-corrected chi connectivity index (χ1v) is 14.2. The normalized spacial score (nSPS) is 13.5. The molecule has 0 radical (unpaired) electrons. The van der Waals surface area contributed by atoms with Crippen molar-refractivity contribution < 1.29 is 22.8 Å². The van der Waals surface area contributed by atoms with Gasteiger partial charge in [-0.1, -0.05) is 30.3 Å². The van der Waals surface area contributed by atoms with Gasteiger partial charge in [-0.05, 0) is 85.2 Å². The van der Waals surface area contributed by atoms with Crippen molar-refractivity contribution in [2.24, 2.45) is 5.73 Å². The molecule has 9 heteroatoms. The number of pyridine rings is 1. The number of amides is 2. The van der Waals surface area contributed by atoms with Gasteiger partial charge in [0.1, 0.15) is 24.0 Å². The summed E-state index contributed by atoms with van der Waals surface area (Å²) in [7, 11) is 0. The number of para-hydroxylation sites is 1. The summed E-state index contributed by atoms with van der Waals surface area (Å²) in [5, 5.41) is 4.20. The van der Waals surface area contributed by atoms with Crippen molar-refractivity contribution >= 4 is 22.7 Å². The van der Waals surface area contributed by atoms with E-state index in [9.17, 15) is 22.8 Å². The van der Waals surface area contributed by atoms with E-state index in [1.807, 2.05) is 18.2 Å². The van der Waals surface area contributed by atoms with Gasteiger partial charge in [0.2, 0.25) is 5.91 Å². The molecule has 6 rings (SSSR count). The molecular weight excluding hydrogens is 553 g/mol. The number of benzene rings is 3. The number of carbonyl (C=O) groups excluding carboxylic acids is 2. The minimum atomic E-state index is -0.924. The zero-order valence-corrected chi connectivity index (χ0v) is 23.2. The van der Waals surface area contributed by atoms with E-state index >= 15 is 0 Å². The van der Waals surface area contributed by atoms with Gasteiger partial charge in [0.05, 0.1) is 17.3 Å². The number of rotatable bonds is 8. The third-order valence-corrected chi connectivity index (χ3v) is 8.00. The number of halogens is 3. The molecule has 0 spiro atoms. The maximum absolute atomic E-state index is 14.3. The van der Waals surface area contributed by atoms with Crippen molar-refractivity contribution in [2.45, 2.75) is 44.7 Å². The van der Waals surface area contributed by atoms with Crippen LogP contribution in [0.1, 0.15) is 51.8 Å². The fourth-order valence-electron chi connectivity index (χ4n) is 6.15. The highest BCUT2D eigenvalue weighted by Gasteiger charge is 2.25. The Morgan fingerprint density at radius 1 is 0.930 bits per heavy atom. The van der Waals surface area contributed by atoms with Gasteiger partial charge in [0.15, 0.2) is 0 Å². The number of primary amides is 1. The molecule has 218 valence electrons. The minimum Gasteiger partial charge on any atom is -0.366 e. The molecule has 0 bridgehead atoms. The largest absolute Gasteiger partial charge is 0.366 e. The highest BCUT2D eigenvalue weighted by atomic mass is 19.1. The van der Waals surface area contributed by atoms with Crippen molar-refractivity contribution in [3.8, 4) is 11.1 Å². The van der Waals surface area contributed by atoms with E-state index in [-0.39, 0.29) is 24.4 Å². The number of nitrogens with one attached hydrogen (secondary N) is 1. The van der Waals surface area contributed by atoms with Crippen LogP contribution in [0.15, 0.2) is 79.0 Å². The fourth-order valence-corrected chi connectivity index (χ4v) is 6.15. The molecule has 0 fully saturated rings. The average molecular weight is 583 g/mol. The van der Waals surface area contributed by atoms with E-state index in [4.69, 9.17) is 5.73 Å². The van der Waals surface area contributed by atoms with Crippen molar-refractivity contribution in [1.29, 1.82) is 0 Å². The van der Waals surface area contributed by atoms with Gasteiger partial charge in [-0.2, -0.15) is 0 Å². The SMILES string of the molecule is NC(=O)c1cc(-c2cccnc2C(Cc2cc(F)cc(F)c2)NC(=O)Cn2c3c(c4ccccc42)CCCC3)ccc1F. The molecule has 1 unspecified atom stereocenters. The summed E-state index contributed by atoms with van der Waals surface area (Å²) in [6.07, 6.45) is 5.54. The Morgan fingerprint density at radius 3 is 2.49 bits per heavy atom. The summed E-state index contributed by atoms with van der Waals surface area (Å²) >= 11 is 0. The van der Waals surface area contributed by atoms with Crippen LogP contribution in [0.3, 0.4) is 0 Å². The van der Waals surface area contributed by atoms with Crippen molar-refractivity contribution in [1.82, 2.24) is 14.9 Å². The zero-order chi connectivity index (χ0) is 30.1. The number of hydrogen-bond donors (Lipinski definition) is 2. The van der Waals surface area contributed by atoms with Crippen LogP contribution in [0.5, 0.6) is 0 Å². The lowest BCUT2D eigenvalue weighted by Gasteiger charge is -2.23. The lowest BCUT2D eigenvalue weighted by molar-refractivity contribution is -0.122. The first kappa shape index (κ1) is 28.2. The summed E-state index contributed by atoms with van der Waals surface area (Å²) < 4.78 is 44.7. The molecule has 1 atom stereocenters. The minimum absolute atomic E-state index is 0.0266. The lowest BCUT2D eigenvalue weighted by Crippen LogP contribution is -2.34. The smallest absolute Gasteiger partial charge is 0.251 e. The number of aromatic nitrogens is 2. The number of fused-ring (bicyclic) bond motifs is 3. The van der Waals surface area contributed by atoms with E-state index < -0.39 is 29.4 Å². The van der Waals surface area contributed by atoms with Crippen LogP contribution in [0, 0.1) is 17.5 Å². The van der Waals surface area contributed by atoms with Gasteiger partial charge in [-0.25, -0.2) is 13.2 Å². The third-order valence-electron chi connectivity index (χ3n) is 8.00. The van der Waals surface area contributed by atoms with Gasteiger partial charge >= 0.3 is 0 Å². The maximum atomic E-state index is 14.3. The molecule has 0 saturated heterocycles. The predicted octanol–water partition coefficient (Wildman–Crippen LogP) is 6.20. The zero-order valence-electron chi connectivity index (χ0n) is 23.2. The molecule has 0 saturated carbocycles. The molecule has 3 aromatic carbocycles. The second kappa shape index (κ2) is 11.8. The fraction of sp³-hybridized carbons (Fsp3) is 0.206. The van der Waals surface area contributed by atoms with Crippen LogP contribution in [0.25, 0.3) is 22.0 Å². The first-order chi connectivity index (χ1) is 20.8. The van der Waals surface area contributed by atoms with E-state index in [2.05, 4.69) is 20.9 Å². The molecular formula is C34H29F3N4O2. The molecule has 3 N–H and O–H groups in total. The van der Waals surface area contributed by atoms with Crippen LogP contribution >= 0.6 is 0 Å². The molecule has 1 aliphatic carbocycles. The standard InChI is InChI=1S/C34H29F3N4O2/c35-22-14-20(15-23(36)18-22)16-29(33-24(8-5-13-39-33)21-11-12-28(37)27(17-21)34(38)43)40-32(42)19-41-30-9-3-1-6-25(30)26-7-2-4-10-31(26)41/h1,3,5-6,8-9,11-15,17-18,29H,2,4,7,10,16,19H2,(H2,38,43)(H,40,42). The summed E-state index contributed by atoms with van der Waals surface area (Å²) in [6, 6.07) is 17.8. The Kier molecular flexibility index (Phi) is 7.71. The van der Waals surface area contributed by atoms with Crippen LogP contribution in [-0.4, -0.2) is 21.4 Å². The second-order valence-corrected chi connectivity index (χ2v) is 10.8. The van der Waals surface area contributed by atoms with Gasteiger partial charge < -0.3 is 15.6 Å². The summed E-state index contributed by atoms with van der Waals surface area (Å²) in [5.41, 5.74) is 10.2. The second-order valence-electron chi connectivity index (χ2n) is 10.8. The topological polar surface area (TPSA) is 90.0 Å². The Balaban J connectivity index is 1.39. The number of carbonyl (C=O) groups is 2. The molecule has 5 aromatic rings. The summed E-state index contributed by atoms with van der Waals surface area (Å²) in [6.45, 7) is 0.0500. The van der Waals surface area contributed by atoms with E-state index in [0.29, 0.717) is 22.4 Å². The Hall–Kier alpha value is -4.92. The van der Waals surface area contributed by atoms with Crippen molar-refractivity contribution in [3.63, 3.8) is 0 Å². The van der Waals surface area contributed by atoms with Gasteiger partial charge in [-0.3, -0.25) is 14.6 Å². The summed E-state index contributed by atoms with van der Waals surface area (Å²) in [4.78, 5) is 30.2. The van der Waals surface area contributed by atoms with Gasteiger partial charge in [-0.15, -0.1) is 0 Å². The summed E-state index contributed by atoms with van der Waals surface area (Å²) in [5.74, 6) is -3.46. The van der Waals surface area contributed by atoms with Gasteiger partial charge in [0.25, 0.3) is 5.91 Å². The van der Waals surface area contributed by atoms with Gasteiger partial charge in [0, 0.05) is 34.4 Å². The van der Waals surface area contributed by atoms with Crippen molar-refractivity contribution in [3.05, 3.63) is 125 Å². The van der Waals surface area contributed by atoms with Crippen molar-refractivity contribution in [2.75, 3.05) is 0 Å². The van der Waals surface area contributed by atoms with E-state index in [1.54, 1.807) is 18.3 Å². The quantitative estimate of drug-likeness (QED) is 0.228. The monoisotopic (exact) mass is 582 g/mol. The molecule has 2 heterocycles. The molecule has 2 amide bonds. The first-order valence-electron chi connectivity index (χ1n) is 14.2. The van der Waals surface area contributed by atoms with E-state index in [0.717, 1.165) is 54.4 Å². The third kappa shape index (κ3) is 5.75. The molecule has 0 aliphatic heterocycles. The highest BCUT2D eigenvalue weighted by Crippen LogP contribution is 2.33. The predicted molar refractivity (Wildman–Crippen MR) is 158 cm³/mol. The highest BCUT2D eigenvalue weighted by molar-refractivity contribution is 5.94. The Labute approximate surface area is 246 Å².